The van der Waals surface area contributed by atoms with E-state index < -0.39 is 5.97 Å². The average molecular weight is 307 g/mol. The Morgan fingerprint density at radius 1 is 1.30 bits per heavy atom. The summed E-state index contributed by atoms with van der Waals surface area (Å²) < 4.78 is 7.54. The van der Waals surface area contributed by atoms with E-state index in [2.05, 4.69) is 4.98 Å². The van der Waals surface area contributed by atoms with Crippen molar-refractivity contribution in [1.82, 2.24) is 9.55 Å². The Bertz CT molecular complexity index is 921. The second kappa shape index (κ2) is 5.81. The number of aryl methyl sites for hydroxylation is 1. The van der Waals surface area contributed by atoms with Crippen molar-refractivity contribution in [3.63, 3.8) is 0 Å². The lowest BCUT2D eigenvalue weighted by Gasteiger charge is -2.06. The minimum absolute atomic E-state index is 0.204. The lowest BCUT2D eigenvalue weighted by molar-refractivity contribution is 0.0697. The van der Waals surface area contributed by atoms with Crippen molar-refractivity contribution >= 4 is 17.0 Å². The number of rotatable bonds is 4. The van der Waals surface area contributed by atoms with Gasteiger partial charge in [-0.3, -0.25) is 0 Å². The number of aromatic nitrogens is 2. The zero-order chi connectivity index (χ0) is 16.4. The highest BCUT2D eigenvalue weighted by Gasteiger charge is 2.11. The van der Waals surface area contributed by atoms with Crippen LogP contribution >= 0.6 is 0 Å². The van der Waals surface area contributed by atoms with Crippen LogP contribution in [-0.4, -0.2) is 20.6 Å². The standard InChI is InChI=1S/C17H13N3O3/c1-20-15-7-4-12(17(21)22)8-14(15)19-16(20)10-23-13-5-2-11(9-18)3-6-13/h2-8H,10H2,1H3,(H,21,22). The third-order valence-electron chi connectivity index (χ3n) is 3.57. The predicted octanol–water partition coefficient (Wildman–Crippen LogP) is 2.72. The molecule has 6 nitrogen and oxygen atoms in total. The van der Waals surface area contributed by atoms with Gasteiger partial charge in [-0.25, -0.2) is 9.78 Å². The average Bonchev–Trinajstić information content (AvgIpc) is 2.89. The van der Waals surface area contributed by atoms with E-state index in [1.165, 1.54) is 0 Å². The quantitative estimate of drug-likeness (QED) is 0.800. The molecule has 3 aromatic rings. The van der Waals surface area contributed by atoms with Crippen molar-refractivity contribution in [2.45, 2.75) is 6.61 Å². The molecular formula is C17H13N3O3. The van der Waals surface area contributed by atoms with Crippen LogP contribution in [0.1, 0.15) is 21.7 Å². The van der Waals surface area contributed by atoms with Gasteiger partial charge in [-0.1, -0.05) is 0 Å². The number of aromatic carboxylic acids is 1. The highest BCUT2D eigenvalue weighted by Crippen LogP contribution is 2.19. The van der Waals surface area contributed by atoms with Gasteiger partial charge in [0.05, 0.1) is 28.2 Å². The van der Waals surface area contributed by atoms with E-state index in [4.69, 9.17) is 15.1 Å². The summed E-state index contributed by atoms with van der Waals surface area (Å²) in [6, 6.07) is 13.7. The van der Waals surface area contributed by atoms with Crippen LogP contribution in [0.4, 0.5) is 0 Å². The number of carbonyl (C=O) groups is 1. The van der Waals surface area contributed by atoms with Crippen molar-refractivity contribution in [3.05, 3.63) is 59.4 Å². The molecule has 3 rings (SSSR count). The van der Waals surface area contributed by atoms with Gasteiger partial charge in [-0.05, 0) is 42.5 Å². The summed E-state index contributed by atoms with van der Waals surface area (Å²) in [5.74, 6) is 0.349. The molecule has 0 amide bonds. The van der Waals surface area contributed by atoms with Crippen molar-refractivity contribution in [2.24, 2.45) is 7.05 Å². The summed E-state index contributed by atoms with van der Waals surface area (Å²) in [5, 5.41) is 17.8. The second-order valence-corrected chi connectivity index (χ2v) is 5.02. The van der Waals surface area contributed by atoms with Gasteiger partial charge in [0.25, 0.3) is 0 Å². The first-order valence-corrected chi connectivity index (χ1v) is 6.90. The van der Waals surface area contributed by atoms with Crippen LogP contribution in [-0.2, 0) is 13.7 Å². The molecule has 0 radical (unpaired) electrons. The lowest BCUT2D eigenvalue weighted by Crippen LogP contribution is -2.03. The van der Waals surface area contributed by atoms with E-state index in [-0.39, 0.29) is 12.2 Å². The molecule has 23 heavy (non-hydrogen) atoms. The molecule has 0 aliphatic heterocycles. The fourth-order valence-corrected chi connectivity index (χ4v) is 2.29. The van der Waals surface area contributed by atoms with Gasteiger partial charge < -0.3 is 14.4 Å². The topological polar surface area (TPSA) is 88.1 Å². The van der Waals surface area contributed by atoms with Crippen LogP contribution in [0.5, 0.6) is 5.75 Å². The van der Waals surface area contributed by atoms with Gasteiger partial charge in [0.15, 0.2) is 0 Å². The van der Waals surface area contributed by atoms with Crippen LogP contribution < -0.4 is 4.74 Å². The smallest absolute Gasteiger partial charge is 0.335 e. The monoisotopic (exact) mass is 307 g/mol. The number of nitrogens with zero attached hydrogens (tertiary/aromatic N) is 3. The van der Waals surface area contributed by atoms with Crippen molar-refractivity contribution in [3.8, 4) is 11.8 Å². The molecule has 0 aliphatic rings. The Morgan fingerprint density at radius 3 is 2.70 bits per heavy atom. The van der Waals surface area contributed by atoms with Gasteiger partial charge in [0.2, 0.25) is 0 Å². The van der Waals surface area contributed by atoms with E-state index in [0.29, 0.717) is 22.7 Å². The van der Waals surface area contributed by atoms with Gasteiger partial charge >= 0.3 is 5.97 Å². The highest BCUT2D eigenvalue weighted by molar-refractivity contribution is 5.92. The Hall–Kier alpha value is -3.33. The second-order valence-electron chi connectivity index (χ2n) is 5.02. The predicted molar refractivity (Wildman–Crippen MR) is 83.2 cm³/mol. The van der Waals surface area contributed by atoms with Crippen LogP contribution in [0.3, 0.4) is 0 Å². The summed E-state index contributed by atoms with van der Waals surface area (Å²) in [5.41, 5.74) is 2.23. The van der Waals surface area contributed by atoms with Crippen LogP contribution in [0.2, 0.25) is 0 Å². The molecule has 0 saturated heterocycles. The van der Waals surface area contributed by atoms with Crippen molar-refractivity contribution < 1.29 is 14.6 Å². The molecule has 1 heterocycles. The molecule has 6 heteroatoms. The van der Waals surface area contributed by atoms with Gasteiger partial charge in [0.1, 0.15) is 18.2 Å². The number of benzene rings is 2. The van der Waals surface area contributed by atoms with Crippen molar-refractivity contribution in [2.75, 3.05) is 0 Å². The summed E-state index contributed by atoms with van der Waals surface area (Å²) in [6.45, 7) is 0.249. The molecule has 1 aromatic heterocycles. The number of nitriles is 1. The van der Waals surface area contributed by atoms with Gasteiger partial charge in [0, 0.05) is 7.05 Å². The third-order valence-corrected chi connectivity index (χ3v) is 3.57. The Morgan fingerprint density at radius 2 is 2.04 bits per heavy atom. The first kappa shape index (κ1) is 14.6. The minimum Gasteiger partial charge on any atom is -0.486 e. The third kappa shape index (κ3) is 2.85. The van der Waals surface area contributed by atoms with E-state index in [0.717, 1.165) is 5.52 Å². The maximum Gasteiger partial charge on any atom is 0.335 e. The number of hydrogen-bond acceptors (Lipinski definition) is 4. The maximum absolute atomic E-state index is 11.0. The number of ether oxygens (including phenoxy) is 1. The van der Waals surface area contributed by atoms with Gasteiger partial charge in [-0.15, -0.1) is 0 Å². The lowest BCUT2D eigenvalue weighted by atomic mass is 10.2. The van der Waals surface area contributed by atoms with Crippen LogP contribution in [0.15, 0.2) is 42.5 Å². The number of hydrogen-bond donors (Lipinski definition) is 1. The van der Waals surface area contributed by atoms with E-state index in [1.54, 1.807) is 42.5 Å². The van der Waals surface area contributed by atoms with E-state index in [1.807, 2.05) is 17.7 Å². The molecule has 114 valence electrons. The summed E-state index contributed by atoms with van der Waals surface area (Å²) >= 11 is 0. The highest BCUT2D eigenvalue weighted by atomic mass is 16.5. The van der Waals surface area contributed by atoms with Gasteiger partial charge in [-0.2, -0.15) is 5.26 Å². The molecule has 0 spiro atoms. The molecule has 0 atom stereocenters. The first-order valence-electron chi connectivity index (χ1n) is 6.90. The Labute approximate surface area is 132 Å². The number of carboxylic acid groups (broad SMARTS) is 1. The Balaban J connectivity index is 1.83. The normalized spacial score (nSPS) is 10.4. The molecule has 0 aliphatic carbocycles. The number of carboxylic acids is 1. The fraction of sp³-hybridized carbons (Fsp3) is 0.118. The molecule has 0 fully saturated rings. The number of imidazole rings is 1. The van der Waals surface area contributed by atoms with Crippen molar-refractivity contribution in [1.29, 1.82) is 5.26 Å². The van der Waals surface area contributed by atoms with Crippen LogP contribution in [0, 0.1) is 11.3 Å². The van der Waals surface area contributed by atoms with Crippen LogP contribution in [0.25, 0.3) is 11.0 Å². The Kier molecular flexibility index (Phi) is 3.69. The largest absolute Gasteiger partial charge is 0.486 e. The summed E-state index contributed by atoms with van der Waals surface area (Å²) in [4.78, 5) is 15.4. The SMILES string of the molecule is Cn1c(COc2ccc(C#N)cc2)nc2cc(C(=O)O)ccc21. The molecule has 0 bridgehead atoms. The molecular weight excluding hydrogens is 294 g/mol. The fourth-order valence-electron chi connectivity index (χ4n) is 2.29. The minimum atomic E-state index is -0.979. The zero-order valence-electron chi connectivity index (χ0n) is 12.4. The molecule has 1 N–H and O–H groups in total. The van der Waals surface area contributed by atoms with E-state index >= 15 is 0 Å². The summed E-state index contributed by atoms with van der Waals surface area (Å²) in [6.07, 6.45) is 0. The first-order chi connectivity index (χ1) is 11.1. The van der Waals surface area contributed by atoms with E-state index in [9.17, 15) is 4.79 Å². The number of fused-ring (bicyclic) bond motifs is 1. The molecule has 2 aromatic carbocycles. The zero-order valence-corrected chi connectivity index (χ0v) is 12.4. The molecule has 0 unspecified atom stereocenters. The maximum atomic E-state index is 11.0. The summed E-state index contributed by atoms with van der Waals surface area (Å²) in [7, 11) is 1.85. The molecule has 0 saturated carbocycles.